The zero-order valence-corrected chi connectivity index (χ0v) is 24.4. The first kappa shape index (κ1) is 29.4. The Balaban J connectivity index is 1.40. The van der Waals surface area contributed by atoms with Crippen LogP contribution >= 0.6 is 0 Å². The molecule has 43 heavy (non-hydrogen) atoms. The minimum atomic E-state index is -0.550. The predicted octanol–water partition coefficient (Wildman–Crippen LogP) is 4.92. The highest BCUT2D eigenvalue weighted by atomic mass is 16.5. The van der Waals surface area contributed by atoms with Crippen molar-refractivity contribution in [1.29, 1.82) is 5.41 Å². The average Bonchev–Trinajstić information content (AvgIpc) is 3.85. The molecule has 0 spiro atoms. The van der Waals surface area contributed by atoms with Crippen LogP contribution in [0.5, 0.6) is 5.75 Å². The van der Waals surface area contributed by atoms with Crippen LogP contribution in [0, 0.1) is 17.2 Å². The lowest BCUT2D eigenvalue weighted by molar-refractivity contribution is -0.137. The molecular formula is C34H37N5O4. The summed E-state index contributed by atoms with van der Waals surface area (Å²) < 4.78 is 11.1. The molecule has 1 fully saturated rings. The summed E-state index contributed by atoms with van der Waals surface area (Å²) in [4.78, 5) is 28.2. The molecule has 0 aromatic heterocycles. The fourth-order valence-electron chi connectivity index (χ4n) is 5.42. The zero-order chi connectivity index (χ0) is 30.3. The highest BCUT2D eigenvalue weighted by Crippen LogP contribution is 2.48. The van der Waals surface area contributed by atoms with Crippen LogP contribution < -0.4 is 21.1 Å². The second kappa shape index (κ2) is 13.3. The normalized spacial score (nSPS) is 18.3. The summed E-state index contributed by atoms with van der Waals surface area (Å²) >= 11 is 0. The minimum Gasteiger partial charge on any atom is -0.491 e. The summed E-state index contributed by atoms with van der Waals surface area (Å²) in [6.07, 6.45) is 3.54. The van der Waals surface area contributed by atoms with Gasteiger partial charge in [0, 0.05) is 66.1 Å². The topological polar surface area (TPSA) is 130 Å². The Morgan fingerprint density at radius 1 is 1.07 bits per heavy atom. The van der Waals surface area contributed by atoms with Gasteiger partial charge in [0.05, 0.1) is 18.7 Å². The fraction of sp³-hybridized carbons (Fsp3) is 0.265. The van der Waals surface area contributed by atoms with Crippen molar-refractivity contribution in [2.75, 3.05) is 32.1 Å². The summed E-state index contributed by atoms with van der Waals surface area (Å²) in [7, 11) is 1.79. The van der Waals surface area contributed by atoms with E-state index in [2.05, 4.69) is 10.6 Å². The molecule has 222 valence electrons. The Morgan fingerprint density at radius 3 is 2.60 bits per heavy atom. The number of rotatable bonds is 10. The molecule has 9 heteroatoms. The number of anilines is 1. The predicted molar refractivity (Wildman–Crippen MR) is 168 cm³/mol. The Kier molecular flexibility index (Phi) is 9.10. The van der Waals surface area contributed by atoms with Crippen LogP contribution in [0.4, 0.5) is 5.69 Å². The van der Waals surface area contributed by atoms with Crippen LogP contribution in [0.2, 0.25) is 0 Å². The highest BCUT2D eigenvalue weighted by molar-refractivity contribution is 6.10. The third-order valence-corrected chi connectivity index (χ3v) is 7.65. The van der Waals surface area contributed by atoms with Gasteiger partial charge in [0.15, 0.2) is 0 Å². The van der Waals surface area contributed by atoms with E-state index in [1.165, 1.54) is 0 Å². The number of benzene rings is 3. The SMILES string of the molecule is CCOC(=O)/C(C=N)=C(/Nc1cccc(-c2cccc(C(=O)N3CCOc4ccccc4C3)c2)c1)[C@@H]1CC1/C(N)=C/NC. The standard InChI is InChI=1S/C34H37N5O4/c1-3-42-34(41)29(19-35)32(28-18-27(28)30(36)20-37-2)38-26-12-7-10-23(17-26)22-9-6-11-24(16-22)33(40)39-14-15-43-31-13-5-4-8-25(31)21-39/h4-13,16-17,19-20,27-28,35,37-38H,3,14-15,18,21,36H2,1-2H3/b30-20-,32-29+,35-19?/t27?,28-/m1/s1. The van der Waals surface area contributed by atoms with Gasteiger partial charge in [0.25, 0.3) is 5.91 Å². The van der Waals surface area contributed by atoms with Crippen LogP contribution in [-0.4, -0.2) is 49.8 Å². The zero-order valence-electron chi connectivity index (χ0n) is 24.4. The van der Waals surface area contributed by atoms with Crippen molar-refractivity contribution in [3.05, 3.63) is 107 Å². The lowest BCUT2D eigenvalue weighted by Crippen LogP contribution is -2.32. The number of allylic oxidation sites excluding steroid dienone is 2. The van der Waals surface area contributed by atoms with E-state index in [1.807, 2.05) is 77.7 Å². The number of nitrogens with one attached hydrogen (secondary N) is 3. The van der Waals surface area contributed by atoms with Gasteiger partial charge >= 0.3 is 5.97 Å². The highest BCUT2D eigenvalue weighted by Gasteiger charge is 2.44. The van der Waals surface area contributed by atoms with E-state index in [9.17, 15) is 9.59 Å². The smallest absolute Gasteiger partial charge is 0.341 e. The van der Waals surface area contributed by atoms with Gasteiger partial charge in [0.1, 0.15) is 12.4 Å². The first-order valence-corrected chi connectivity index (χ1v) is 14.5. The summed E-state index contributed by atoms with van der Waals surface area (Å²) in [6.45, 7) is 3.37. The maximum Gasteiger partial charge on any atom is 0.341 e. The molecule has 3 aromatic rings. The molecule has 1 amide bonds. The largest absolute Gasteiger partial charge is 0.491 e. The molecule has 1 aliphatic carbocycles. The van der Waals surface area contributed by atoms with Gasteiger partial charge in [0.2, 0.25) is 0 Å². The van der Waals surface area contributed by atoms with Crippen LogP contribution in [0.3, 0.4) is 0 Å². The maximum atomic E-state index is 13.6. The number of ether oxygens (including phenoxy) is 2. The van der Waals surface area contributed by atoms with E-state index >= 15 is 0 Å². The average molecular weight is 580 g/mol. The lowest BCUT2D eigenvalue weighted by atomic mass is 10.0. The number of hydrogen-bond donors (Lipinski definition) is 4. The molecule has 0 saturated heterocycles. The number of carbonyl (C=O) groups excluding carboxylic acids is 2. The van der Waals surface area contributed by atoms with Crippen molar-refractivity contribution < 1.29 is 19.1 Å². The molecule has 1 unspecified atom stereocenters. The number of hydrogen-bond acceptors (Lipinski definition) is 8. The van der Waals surface area contributed by atoms with E-state index in [-0.39, 0.29) is 29.9 Å². The van der Waals surface area contributed by atoms with Gasteiger partial charge in [-0.15, -0.1) is 0 Å². The fourth-order valence-corrected chi connectivity index (χ4v) is 5.42. The number of para-hydroxylation sites is 1. The van der Waals surface area contributed by atoms with Gasteiger partial charge in [-0.1, -0.05) is 42.5 Å². The van der Waals surface area contributed by atoms with Crippen molar-refractivity contribution in [2.24, 2.45) is 17.6 Å². The van der Waals surface area contributed by atoms with Crippen molar-refractivity contribution in [3.8, 4) is 16.9 Å². The molecule has 3 aromatic carbocycles. The second-order valence-corrected chi connectivity index (χ2v) is 10.5. The van der Waals surface area contributed by atoms with E-state index < -0.39 is 5.97 Å². The number of carbonyl (C=O) groups is 2. The van der Waals surface area contributed by atoms with Gasteiger partial charge in [-0.25, -0.2) is 4.79 Å². The maximum absolute atomic E-state index is 13.6. The third-order valence-electron chi connectivity index (χ3n) is 7.65. The summed E-state index contributed by atoms with van der Waals surface area (Å²) in [5.74, 6) is 0.195. The molecule has 1 heterocycles. The van der Waals surface area contributed by atoms with E-state index in [0.29, 0.717) is 36.7 Å². The van der Waals surface area contributed by atoms with Crippen LogP contribution in [-0.2, 0) is 16.1 Å². The van der Waals surface area contributed by atoms with Crippen molar-refractivity contribution in [3.63, 3.8) is 0 Å². The number of esters is 1. The van der Waals surface area contributed by atoms with Crippen molar-refractivity contribution >= 4 is 23.8 Å². The summed E-state index contributed by atoms with van der Waals surface area (Å²) in [5, 5.41) is 14.4. The first-order chi connectivity index (χ1) is 20.9. The summed E-state index contributed by atoms with van der Waals surface area (Å²) in [6, 6.07) is 23.2. The lowest BCUT2D eigenvalue weighted by Gasteiger charge is -2.20. The van der Waals surface area contributed by atoms with Gasteiger partial charge in [-0.05, 0) is 54.8 Å². The monoisotopic (exact) mass is 579 g/mol. The third kappa shape index (κ3) is 6.72. The first-order valence-electron chi connectivity index (χ1n) is 14.5. The van der Waals surface area contributed by atoms with E-state index in [4.69, 9.17) is 20.6 Å². The summed E-state index contributed by atoms with van der Waals surface area (Å²) in [5.41, 5.74) is 11.8. The number of fused-ring (bicyclic) bond motifs is 1. The number of nitrogens with zero attached hydrogens (tertiary/aromatic N) is 1. The molecule has 9 nitrogen and oxygen atoms in total. The molecule has 1 saturated carbocycles. The molecule has 1 aliphatic heterocycles. The van der Waals surface area contributed by atoms with Crippen LogP contribution in [0.25, 0.3) is 11.1 Å². The van der Waals surface area contributed by atoms with Gasteiger partial charge in [-0.3, -0.25) is 4.79 Å². The quantitative estimate of drug-likeness (QED) is 0.152. The molecule has 0 radical (unpaired) electrons. The molecule has 5 rings (SSSR count). The minimum absolute atomic E-state index is 0.0431. The molecule has 5 N–H and O–H groups in total. The van der Waals surface area contributed by atoms with Crippen LogP contribution in [0.15, 0.2) is 96.0 Å². The molecular weight excluding hydrogens is 542 g/mol. The van der Waals surface area contributed by atoms with Crippen LogP contribution in [0.1, 0.15) is 29.3 Å². The Morgan fingerprint density at radius 2 is 1.84 bits per heavy atom. The number of nitrogens with two attached hydrogens (primary N) is 1. The number of amides is 1. The van der Waals surface area contributed by atoms with Gasteiger partial charge < -0.3 is 36.2 Å². The van der Waals surface area contributed by atoms with E-state index in [1.54, 1.807) is 20.2 Å². The Hall–Kier alpha value is -5.05. The molecule has 2 aliphatic rings. The second-order valence-electron chi connectivity index (χ2n) is 10.5. The Bertz CT molecular complexity index is 1580. The van der Waals surface area contributed by atoms with E-state index in [0.717, 1.165) is 40.8 Å². The Labute approximate surface area is 251 Å². The van der Waals surface area contributed by atoms with Crippen molar-refractivity contribution in [1.82, 2.24) is 10.2 Å². The van der Waals surface area contributed by atoms with Crippen molar-refractivity contribution in [2.45, 2.75) is 19.9 Å². The molecule has 2 atom stereocenters. The van der Waals surface area contributed by atoms with Gasteiger partial charge in [-0.2, -0.15) is 0 Å². The molecule has 0 bridgehead atoms.